The van der Waals surface area contributed by atoms with Gasteiger partial charge >= 0.3 is 5.82 Å². The second kappa shape index (κ2) is 11.4. The average Bonchev–Trinajstić information content (AvgIpc) is 3.10. The highest BCUT2D eigenvalue weighted by molar-refractivity contribution is 5.91. The van der Waals surface area contributed by atoms with Gasteiger partial charge in [-0.05, 0) is 61.6 Å². The minimum absolute atomic E-state index is 0.0595. The van der Waals surface area contributed by atoms with Crippen LogP contribution in [0.2, 0.25) is 0 Å². The van der Waals surface area contributed by atoms with E-state index in [0.29, 0.717) is 16.7 Å². The second-order valence-corrected chi connectivity index (χ2v) is 9.40. The first kappa shape index (κ1) is 24.8. The fourth-order valence-electron chi connectivity index (χ4n) is 4.76. The molecule has 34 heavy (non-hydrogen) atoms. The van der Waals surface area contributed by atoms with E-state index >= 15 is 0 Å². The van der Waals surface area contributed by atoms with Crippen LogP contribution in [0.15, 0.2) is 59.9 Å². The van der Waals surface area contributed by atoms with Crippen LogP contribution in [0.25, 0.3) is 21.3 Å². The third-order valence-corrected chi connectivity index (χ3v) is 6.43. The number of nitrogens with zero attached hydrogens (tertiary/aromatic N) is 4. The van der Waals surface area contributed by atoms with Crippen LogP contribution in [-0.2, 0) is 6.42 Å². The molecular weight excluding hydrogens is 416 g/mol. The Morgan fingerprint density at radius 3 is 2.41 bits per heavy atom. The lowest BCUT2D eigenvalue weighted by Crippen LogP contribution is -2.41. The van der Waals surface area contributed by atoms with Gasteiger partial charge < -0.3 is 4.90 Å². The van der Waals surface area contributed by atoms with Crippen molar-refractivity contribution in [3.05, 3.63) is 99.4 Å². The Bertz CT molecular complexity index is 1180. The van der Waals surface area contributed by atoms with Crippen LogP contribution in [-0.4, -0.2) is 12.1 Å². The minimum Gasteiger partial charge on any atom is -0.366 e. The first-order chi connectivity index (χ1) is 16.4. The normalized spacial score (nSPS) is 14.0. The quantitative estimate of drug-likeness (QED) is 0.169. The molecule has 0 fully saturated rings. The first-order valence-electron chi connectivity index (χ1n) is 12.0. The van der Waals surface area contributed by atoms with Crippen molar-refractivity contribution >= 4 is 17.3 Å². The van der Waals surface area contributed by atoms with E-state index in [9.17, 15) is 5.26 Å². The maximum absolute atomic E-state index is 9.97. The number of anilines is 1. The van der Waals surface area contributed by atoms with Crippen molar-refractivity contribution < 1.29 is 0 Å². The lowest BCUT2D eigenvalue weighted by atomic mass is 9.95. The Morgan fingerprint density at radius 2 is 1.76 bits per heavy atom. The van der Waals surface area contributed by atoms with E-state index in [2.05, 4.69) is 53.6 Å². The van der Waals surface area contributed by atoms with Crippen LogP contribution in [0, 0.1) is 24.5 Å². The monoisotopic (exact) mass is 448 g/mol. The molecule has 172 valence electrons. The molecule has 0 spiro atoms. The Hall–Kier alpha value is -3.81. The summed E-state index contributed by atoms with van der Waals surface area (Å²) in [6, 6.07) is 17.8. The van der Waals surface area contributed by atoms with Gasteiger partial charge in [0.05, 0.1) is 17.2 Å². The number of rotatable bonds is 9. The Balaban J connectivity index is 1.94. The Kier molecular flexibility index (Phi) is 8.29. The minimum atomic E-state index is -0.0875. The summed E-state index contributed by atoms with van der Waals surface area (Å²) in [7, 11) is 0. The molecule has 0 aliphatic carbocycles. The predicted octanol–water partition coefficient (Wildman–Crippen LogP) is 7.91. The van der Waals surface area contributed by atoms with Crippen LogP contribution in [0.4, 0.5) is 5.69 Å². The van der Waals surface area contributed by atoms with Gasteiger partial charge in [0.25, 0.3) is 0 Å². The maximum atomic E-state index is 9.97. The first-order valence-corrected chi connectivity index (χ1v) is 12.0. The smallest absolute Gasteiger partial charge is 0.366 e. The van der Waals surface area contributed by atoms with Gasteiger partial charge in [0.2, 0.25) is 0 Å². The molecule has 4 heteroatoms. The molecule has 4 nitrogen and oxygen atoms in total. The summed E-state index contributed by atoms with van der Waals surface area (Å²) in [5.74, 6) is -0.0875. The Labute approximate surface area is 204 Å². The third kappa shape index (κ3) is 5.57. The summed E-state index contributed by atoms with van der Waals surface area (Å²) < 4.78 is 0. The van der Waals surface area contributed by atoms with Gasteiger partial charge in [-0.2, -0.15) is 15.0 Å². The van der Waals surface area contributed by atoms with Crippen LogP contribution in [0.5, 0.6) is 0 Å². The molecule has 0 bridgehead atoms. The van der Waals surface area contributed by atoms with E-state index in [1.54, 1.807) is 6.08 Å². The summed E-state index contributed by atoms with van der Waals surface area (Å²) in [6.07, 6.45) is 9.09. The number of benzene rings is 2. The highest BCUT2D eigenvalue weighted by Crippen LogP contribution is 2.40. The van der Waals surface area contributed by atoms with E-state index in [4.69, 9.17) is 13.1 Å². The number of hydrogen-bond acceptors (Lipinski definition) is 2. The molecule has 1 heterocycles. The van der Waals surface area contributed by atoms with Crippen molar-refractivity contribution in [3.8, 4) is 6.07 Å². The fraction of sp³-hybridized carbons (Fsp3) is 0.367. The SMILES string of the molecule is [C-]#[N+]C([N+]#[C-])=C(C(C#N)=Cc1ccc2c(c1)CC(C)(C)N2CCCCCCC)c1ccccc1. The predicted molar refractivity (Wildman–Crippen MR) is 140 cm³/mol. The molecule has 0 radical (unpaired) electrons. The molecule has 2 aromatic rings. The standard InChI is InChI=1S/C30H32N4/c1-6-7-8-9-13-18-34-27-17-16-23(19-25(27)21-30(34,2)3)20-26(22-31)28(29(32-4)33-5)24-14-11-10-12-15-24/h10-12,14-17,19-20H,6-9,13,18,21H2,1-3H3. The summed E-state index contributed by atoms with van der Waals surface area (Å²) in [5.41, 5.74) is 4.96. The zero-order valence-electron chi connectivity index (χ0n) is 20.4. The lowest BCUT2D eigenvalue weighted by molar-refractivity contribution is 0.473. The topological polar surface area (TPSA) is 35.8 Å². The number of nitriles is 1. The summed E-state index contributed by atoms with van der Waals surface area (Å²) >= 11 is 0. The van der Waals surface area contributed by atoms with Crippen LogP contribution in [0.3, 0.4) is 0 Å². The maximum Gasteiger partial charge on any atom is 0.528 e. The molecule has 3 rings (SSSR count). The number of hydrogen-bond donors (Lipinski definition) is 0. The van der Waals surface area contributed by atoms with E-state index in [1.165, 1.54) is 43.4 Å². The van der Waals surface area contributed by atoms with Gasteiger partial charge in [-0.15, -0.1) is 0 Å². The molecule has 0 unspecified atom stereocenters. The number of allylic oxidation sites excluding steroid dienone is 2. The molecule has 0 atom stereocenters. The number of unbranched alkanes of at least 4 members (excludes halogenated alkanes) is 4. The van der Waals surface area contributed by atoms with Crippen LogP contribution < -0.4 is 4.90 Å². The van der Waals surface area contributed by atoms with Crippen molar-refractivity contribution in [1.82, 2.24) is 0 Å². The largest absolute Gasteiger partial charge is 0.528 e. The zero-order chi connectivity index (χ0) is 24.6. The highest BCUT2D eigenvalue weighted by atomic mass is 15.2. The summed E-state index contributed by atoms with van der Waals surface area (Å²) in [4.78, 5) is 9.33. The molecular formula is C30H32N4. The second-order valence-electron chi connectivity index (χ2n) is 9.40. The lowest BCUT2D eigenvalue weighted by Gasteiger charge is -2.34. The molecule has 0 N–H and O–H groups in total. The van der Waals surface area contributed by atoms with E-state index in [-0.39, 0.29) is 11.4 Å². The molecule has 0 amide bonds. The van der Waals surface area contributed by atoms with Gasteiger partial charge in [0.1, 0.15) is 13.1 Å². The van der Waals surface area contributed by atoms with Crippen molar-refractivity contribution in [3.63, 3.8) is 0 Å². The third-order valence-electron chi connectivity index (χ3n) is 6.43. The fourth-order valence-corrected chi connectivity index (χ4v) is 4.76. The van der Waals surface area contributed by atoms with E-state index in [1.807, 2.05) is 36.4 Å². The van der Waals surface area contributed by atoms with Crippen LogP contribution in [0.1, 0.15) is 69.6 Å². The molecule has 2 aromatic carbocycles. The molecule has 1 aliphatic heterocycles. The van der Waals surface area contributed by atoms with Gasteiger partial charge in [-0.25, -0.2) is 0 Å². The summed E-state index contributed by atoms with van der Waals surface area (Å²) in [5, 5.41) is 9.97. The van der Waals surface area contributed by atoms with Gasteiger partial charge in [-0.1, -0.05) is 69.0 Å². The average molecular weight is 449 g/mol. The highest BCUT2D eigenvalue weighted by Gasteiger charge is 2.35. The van der Waals surface area contributed by atoms with Crippen LogP contribution >= 0.6 is 0 Å². The molecule has 1 aliphatic rings. The number of fused-ring (bicyclic) bond motifs is 1. The summed E-state index contributed by atoms with van der Waals surface area (Å²) in [6.45, 7) is 22.8. The zero-order valence-corrected chi connectivity index (χ0v) is 20.4. The van der Waals surface area contributed by atoms with E-state index < -0.39 is 0 Å². The Morgan fingerprint density at radius 1 is 1.06 bits per heavy atom. The van der Waals surface area contributed by atoms with Crippen molar-refractivity contribution in [2.45, 2.75) is 64.8 Å². The van der Waals surface area contributed by atoms with Crippen molar-refractivity contribution in [1.29, 1.82) is 5.26 Å². The van der Waals surface area contributed by atoms with Crippen molar-refractivity contribution in [2.75, 3.05) is 11.4 Å². The molecule has 0 saturated heterocycles. The molecule has 0 saturated carbocycles. The van der Waals surface area contributed by atoms with Crippen molar-refractivity contribution in [2.24, 2.45) is 0 Å². The van der Waals surface area contributed by atoms with E-state index in [0.717, 1.165) is 18.5 Å². The van der Waals surface area contributed by atoms with Gasteiger partial charge in [-0.3, -0.25) is 0 Å². The molecule has 0 aromatic heterocycles. The van der Waals surface area contributed by atoms with Gasteiger partial charge in [0, 0.05) is 17.8 Å². The van der Waals surface area contributed by atoms with Gasteiger partial charge in [0.15, 0.2) is 0 Å².